The minimum atomic E-state index is 0.500. The fourth-order valence-corrected chi connectivity index (χ4v) is 4.13. The van der Waals surface area contributed by atoms with E-state index in [4.69, 9.17) is 0 Å². The van der Waals surface area contributed by atoms with Crippen LogP contribution in [0, 0.1) is 24.7 Å². The van der Waals surface area contributed by atoms with Gasteiger partial charge >= 0.3 is 0 Å². The highest BCUT2D eigenvalue weighted by Gasteiger charge is 2.35. The second-order valence-corrected chi connectivity index (χ2v) is 10.7. The van der Waals surface area contributed by atoms with Crippen LogP contribution in [0.5, 0.6) is 0 Å². The Kier molecular flexibility index (Phi) is 7.80. The first-order chi connectivity index (χ1) is 12.2. The molecule has 0 nitrogen and oxygen atoms in total. The average molecular weight is 357 g/mol. The predicted molar refractivity (Wildman–Crippen MR) is 117 cm³/mol. The molecule has 1 fully saturated rings. The van der Waals surface area contributed by atoms with Crippen molar-refractivity contribution in [2.24, 2.45) is 10.8 Å². The van der Waals surface area contributed by atoms with Crippen LogP contribution in [0.25, 0.3) is 0 Å². The number of aryl methyl sites for hydroxylation is 4. The molecule has 0 unspecified atom stereocenters. The Morgan fingerprint density at radius 2 is 1.27 bits per heavy atom. The first kappa shape index (κ1) is 21.5. The van der Waals surface area contributed by atoms with Gasteiger partial charge < -0.3 is 0 Å². The molecule has 1 aromatic carbocycles. The maximum atomic E-state index is 2.49. The summed E-state index contributed by atoms with van der Waals surface area (Å²) in [7, 11) is 0. The Labute approximate surface area is 164 Å². The summed E-state index contributed by atoms with van der Waals surface area (Å²) in [5, 5.41) is 0. The van der Waals surface area contributed by atoms with E-state index in [0.717, 1.165) is 5.41 Å². The summed E-state index contributed by atoms with van der Waals surface area (Å²) in [6.07, 6.45) is 16.6. The zero-order valence-corrected chi connectivity index (χ0v) is 18.6. The molecule has 0 heteroatoms. The third kappa shape index (κ3) is 7.85. The van der Waals surface area contributed by atoms with Crippen molar-refractivity contribution >= 4 is 0 Å². The molecule has 2 rings (SSSR count). The van der Waals surface area contributed by atoms with E-state index in [2.05, 4.69) is 53.7 Å². The van der Waals surface area contributed by atoms with Crippen molar-refractivity contribution in [1.29, 1.82) is 0 Å². The van der Waals surface area contributed by atoms with Crippen LogP contribution in [0.2, 0.25) is 0 Å². The molecule has 148 valence electrons. The highest BCUT2D eigenvalue weighted by Crippen LogP contribution is 2.49. The number of hydrogen-bond acceptors (Lipinski definition) is 0. The Morgan fingerprint density at radius 3 is 1.77 bits per heavy atom. The molecule has 1 aromatic rings. The summed E-state index contributed by atoms with van der Waals surface area (Å²) in [4.78, 5) is 0. The van der Waals surface area contributed by atoms with Crippen LogP contribution in [0.1, 0.15) is 114 Å². The Balaban J connectivity index is 1.70. The maximum absolute atomic E-state index is 2.49. The monoisotopic (exact) mass is 356 g/mol. The summed E-state index contributed by atoms with van der Waals surface area (Å²) < 4.78 is 0. The summed E-state index contributed by atoms with van der Waals surface area (Å²) in [5.74, 6) is 0. The summed E-state index contributed by atoms with van der Waals surface area (Å²) in [6, 6.07) is 4.98. The zero-order valence-electron chi connectivity index (χ0n) is 18.6. The molecule has 1 saturated carbocycles. The van der Waals surface area contributed by atoms with Gasteiger partial charge in [0, 0.05) is 0 Å². The van der Waals surface area contributed by atoms with Crippen LogP contribution in [-0.4, -0.2) is 0 Å². The van der Waals surface area contributed by atoms with Crippen LogP contribution in [0.4, 0.5) is 0 Å². The van der Waals surface area contributed by atoms with Crippen LogP contribution >= 0.6 is 0 Å². The SMILES string of the molecule is Cc1cc(CCCCC2(C)CC2)c(C)cc1CCCCCCC(C)(C)C. The van der Waals surface area contributed by atoms with E-state index in [9.17, 15) is 0 Å². The fraction of sp³-hybridized carbons (Fsp3) is 0.769. The van der Waals surface area contributed by atoms with Crippen molar-refractivity contribution in [3.63, 3.8) is 0 Å². The highest BCUT2D eigenvalue weighted by molar-refractivity contribution is 5.37. The average Bonchev–Trinajstić information content (AvgIpc) is 3.28. The molecule has 0 N–H and O–H groups in total. The van der Waals surface area contributed by atoms with E-state index in [0.29, 0.717) is 5.41 Å². The van der Waals surface area contributed by atoms with Crippen molar-refractivity contribution in [1.82, 2.24) is 0 Å². The lowest BCUT2D eigenvalue weighted by Crippen LogP contribution is -2.04. The van der Waals surface area contributed by atoms with Gasteiger partial charge in [0.15, 0.2) is 0 Å². The van der Waals surface area contributed by atoms with E-state index < -0.39 is 0 Å². The van der Waals surface area contributed by atoms with Crippen LogP contribution in [0.15, 0.2) is 12.1 Å². The van der Waals surface area contributed by atoms with Crippen molar-refractivity contribution in [3.8, 4) is 0 Å². The third-order valence-corrected chi connectivity index (χ3v) is 6.50. The van der Waals surface area contributed by atoms with Crippen LogP contribution in [-0.2, 0) is 12.8 Å². The smallest absolute Gasteiger partial charge is 0.0276 e. The molecule has 1 aliphatic rings. The predicted octanol–water partition coefficient (Wildman–Crippen LogP) is 8.36. The Hall–Kier alpha value is -0.780. The van der Waals surface area contributed by atoms with Crippen molar-refractivity contribution < 1.29 is 0 Å². The lowest BCUT2D eigenvalue weighted by molar-refractivity contribution is 0.357. The molecule has 0 aromatic heterocycles. The second-order valence-electron chi connectivity index (χ2n) is 10.7. The number of benzene rings is 1. The lowest BCUT2D eigenvalue weighted by atomic mass is 9.89. The quantitative estimate of drug-likeness (QED) is 0.349. The van der Waals surface area contributed by atoms with Crippen LogP contribution < -0.4 is 0 Å². The Bertz CT molecular complexity index is 554. The maximum Gasteiger partial charge on any atom is -0.0276 e. The van der Waals surface area contributed by atoms with Gasteiger partial charge in [-0.05, 0) is 98.3 Å². The van der Waals surface area contributed by atoms with Gasteiger partial charge in [0.25, 0.3) is 0 Å². The minimum Gasteiger partial charge on any atom is -0.0602 e. The van der Waals surface area contributed by atoms with Gasteiger partial charge in [-0.1, -0.05) is 65.5 Å². The molecular formula is C26H44. The minimum absolute atomic E-state index is 0.500. The molecule has 1 aliphatic carbocycles. The van der Waals surface area contributed by atoms with Gasteiger partial charge in [-0.2, -0.15) is 0 Å². The summed E-state index contributed by atoms with van der Waals surface area (Å²) >= 11 is 0. The van der Waals surface area contributed by atoms with E-state index in [1.807, 2.05) is 0 Å². The van der Waals surface area contributed by atoms with Crippen molar-refractivity contribution in [3.05, 3.63) is 34.4 Å². The van der Waals surface area contributed by atoms with E-state index in [1.165, 1.54) is 88.2 Å². The molecule has 0 aliphatic heterocycles. The second kappa shape index (κ2) is 9.43. The molecule has 0 heterocycles. The topological polar surface area (TPSA) is 0 Å². The third-order valence-electron chi connectivity index (χ3n) is 6.50. The molecule has 0 amide bonds. The summed E-state index contributed by atoms with van der Waals surface area (Å²) in [5.41, 5.74) is 7.46. The first-order valence-electron chi connectivity index (χ1n) is 11.3. The van der Waals surface area contributed by atoms with Gasteiger partial charge in [-0.15, -0.1) is 0 Å². The van der Waals surface area contributed by atoms with Gasteiger partial charge in [0.05, 0.1) is 0 Å². The van der Waals surface area contributed by atoms with E-state index in [-0.39, 0.29) is 0 Å². The van der Waals surface area contributed by atoms with Gasteiger partial charge in [0.1, 0.15) is 0 Å². The molecule has 26 heavy (non-hydrogen) atoms. The van der Waals surface area contributed by atoms with Gasteiger partial charge in [-0.3, -0.25) is 0 Å². The number of rotatable bonds is 11. The largest absolute Gasteiger partial charge is 0.0602 e. The Morgan fingerprint density at radius 1 is 0.769 bits per heavy atom. The molecule has 0 atom stereocenters. The van der Waals surface area contributed by atoms with Crippen molar-refractivity contribution in [2.45, 2.75) is 119 Å². The van der Waals surface area contributed by atoms with E-state index >= 15 is 0 Å². The number of hydrogen-bond donors (Lipinski definition) is 0. The lowest BCUT2D eigenvalue weighted by Gasteiger charge is -2.17. The zero-order chi connectivity index (χ0) is 19.2. The molecule has 0 saturated heterocycles. The van der Waals surface area contributed by atoms with Gasteiger partial charge in [-0.25, -0.2) is 0 Å². The van der Waals surface area contributed by atoms with E-state index in [1.54, 1.807) is 11.1 Å². The fourth-order valence-electron chi connectivity index (χ4n) is 4.13. The first-order valence-corrected chi connectivity index (χ1v) is 11.3. The van der Waals surface area contributed by atoms with Crippen LogP contribution in [0.3, 0.4) is 0 Å². The number of unbranched alkanes of at least 4 members (excludes halogenated alkanes) is 4. The van der Waals surface area contributed by atoms with Gasteiger partial charge in [0.2, 0.25) is 0 Å². The molecule has 0 spiro atoms. The molecular weight excluding hydrogens is 312 g/mol. The normalized spacial score (nSPS) is 16.1. The molecule has 0 bridgehead atoms. The highest BCUT2D eigenvalue weighted by atomic mass is 14.4. The molecule has 0 radical (unpaired) electrons. The van der Waals surface area contributed by atoms with Crippen molar-refractivity contribution in [2.75, 3.05) is 0 Å². The standard InChI is InChI=1S/C26H44/c1-21-20-24(14-10-12-16-26(6)17-18-26)22(2)19-23(21)13-9-7-8-11-15-25(3,4)5/h19-20H,7-18H2,1-6H3. The summed E-state index contributed by atoms with van der Waals surface area (Å²) in [6.45, 7) is 14.2.